The zero-order chi connectivity index (χ0) is 21.8. The first kappa shape index (κ1) is 21.9. The number of morpholine rings is 1. The maximum atomic E-state index is 12.5. The molecular formula is C21H28ClN5O4. The third-order valence-corrected chi connectivity index (χ3v) is 6.33. The van der Waals surface area contributed by atoms with E-state index in [0.29, 0.717) is 69.4 Å². The van der Waals surface area contributed by atoms with Crippen molar-refractivity contribution in [3.8, 4) is 0 Å². The Kier molecular flexibility index (Phi) is 6.94. The summed E-state index contributed by atoms with van der Waals surface area (Å²) in [6.45, 7) is 3.55. The van der Waals surface area contributed by atoms with Gasteiger partial charge in [-0.3, -0.25) is 14.5 Å². The van der Waals surface area contributed by atoms with Gasteiger partial charge >= 0.3 is 6.03 Å². The van der Waals surface area contributed by atoms with Gasteiger partial charge in [-0.2, -0.15) is 0 Å². The number of piperazine rings is 1. The van der Waals surface area contributed by atoms with Crippen molar-refractivity contribution in [3.05, 3.63) is 29.3 Å². The Morgan fingerprint density at radius 1 is 1.26 bits per heavy atom. The third kappa shape index (κ3) is 5.47. The molecule has 3 fully saturated rings. The minimum atomic E-state index is -0.327. The van der Waals surface area contributed by atoms with Crippen LogP contribution in [0.3, 0.4) is 0 Å². The molecule has 0 unspecified atom stereocenters. The van der Waals surface area contributed by atoms with Crippen LogP contribution >= 0.6 is 11.6 Å². The van der Waals surface area contributed by atoms with E-state index in [4.69, 9.17) is 16.3 Å². The van der Waals surface area contributed by atoms with Gasteiger partial charge in [0.1, 0.15) is 0 Å². The summed E-state index contributed by atoms with van der Waals surface area (Å²) in [6.07, 6.45) is 1.66. The van der Waals surface area contributed by atoms with Crippen molar-refractivity contribution in [3.63, 3.8) is 0 Å². The third-order valence-electron chi connectivity index (χ3n) is 6.10. The second kappa shape index (κ2) is 9.84. The molecule has 3 saturated heterocycles. The lowest BCUT2D eigenvalue weighted by Crippen LogP contribution is -2.58. The molecule has 9 nitrogen and oxygen atoms in total. The van der Waals surface area contributed by atoms with Crippen LogP contribution in [0.5, 0.6) is 0 Å². The van der Waals surface area contributed by atoms with Crippen molar-refractivity contribution in [1.82, 2.24) is 20.4 Å². The Balaban J connectivity index is 1.30. The van der Waals surface area contributed by atoms with Crippen LogP contribution in [0.25, 0.3) is 0 Å². The Bertz CT molecular complexity index is 832. The Morgan fingerprint density at radius 2 is 2.06 bits per heavy atom. The summed E-state index contributed by atoms with van der Waals surface area (Å²) in [6, 6.07) is 6.26. The second-order valence-corrected chi connectivity index (χ2v) is 8.62. The van der Waals surface area contributed by atoms with Crippen LogP contribution in [-0.4, -0.2) is 85.2 Å². The molecule has 3 aliphatic heterocycles. The SMILES string of the molecule is O=C(Nc1cccc(Cl)c1)N[C@H]1C[C@H]2C(=O)NC[C@@H](CCC(=O)N3CCOCC3)N2C1. The van der Waals surface area contributed by atoms with E-state index in [1.807, 2.05) is 4.90 Å². The van der Waals surface area contributed by atoms with Crippen molar-refractivity contribution in [2.45, 2.75) is 37.4 Å². The molecule has 0 spiro atoms. The maximum Gasteiger partial charge on any atom is 0.319 e. The van der Waals surface area contributed by atoms with E-state index < -0.39 is 0 Å². The van der Waals surface area contributed by atoms with Crippen LogP contribution in [0, 0.1) is 0 Å². The highest BCUT2D eigenvalue weighted by molar-refractivity contribution is 6.30. The minimum Gasteiger partial charge on any atom is -0.378 e. The van der Waals surface area contributed by atoms with E-state index >= 15 is 0 Å². The van der Waals surface area contributed by atoms with Crippen LogP contribution in [0.15, 0.2) is 24.3 Å². The first-order chi connectivity index (χ1) is 15.0. The van der Waals surface area contributed by atoms with Gasteiger partial charge in [0.25, 0.3) is 0 Å². The van der Waals surface area contributed by atoms with E-state index in [0.717, 1.165) is 0 Å². The molecule has 0 aromatic heterocycles. The summed E-state index contributed by atoms with van der Waals surface area (Å²) in [5.74, 6) is 0.113. The number of urea groups is 1. The summed E-state index contributed by atoms with van der Waals surface area (Å²) < 4.78 is 5.30. The lowest BCUT2D eigenvalue weighted by molar-refractivity contribution is -0.136. The van der Waals surface area contributed by atoms with Crippen LogP contribution in [-0.2, 0) is 14.3 Å². The predicted molar refractivity (Wildman–Crippen MR) is 116 cm³/mol. The lowest BCUT2D eigenvalue weighted by atomic mass is 10.0. The summed E-state index contributed by atoms with van der Waals surface area (Å²) in [5.41, 5.74) is 0.609. The molecule has 0 saturated carbocycles. The largest absolute Gasteiger partial charge is 0.378 e. The molecule has 10 heteroatoms. The highest BCUT2D eigenvalue weighted by Gasteiger charge is 2.43. The second-order valence-electron chi connectivity index (χ2n) is 8.18. The fraction of sp³-hybridized carbons (Fsp3) is 0.571. The number of anilines is 1. The summed E-state index contributed by atoms with van der Waals surface area (Å²) in [5, 5.41) is 9.23. The monoisotopic (exact) mass is 449 g/mol. The zero-order valence-electron chi connectivity index (χ0n) is 17.3. The van der Waals surface area contributed by atoms with Crippen molar-refractivity contribution in [2.24, 2.45) is 0 Å². The van der Waals surface area contributed by atoms with Gasteiger partial charge < -0.3 is 25.6 Å². The number of hydrogen-bond donors (Lipinski definition) is 3. The van der Waals surface area contributed by atoms with Gasteiger partial charge in [0.2, 0.25) is 11.8 Å². The quantitative estimate of drug-likeness (QED) is 0.623. The molecule has 3 N–H and O–H groups in total. The summed E-state index contributed by atoms with van der Waals surface area (Å²) in [7, 11) is 0. The number of halogens is 1. The Labute approximate surface area is 186 Å². The van der Waals surface area contributed by atoms with Gasteiger partial charge in [0, 0.05) is 55.4 Å². The average Bonchev–Trinajstić information content (AvgIpc) is 3.18. The van der Waals surface area contributed by atoms with E-state index in [1.165, 1.54) is 0 Å². The molecule has 31 heavy (non-hydrogen) atoms. The van der Waals surface area contributed by atoms with Crippen LogP contribution < -0.4 is 16.0 Å². The average molecular weight is 450 g/mol. The molecule has 3 heterocycles. The van der Waals surface area contributed by atoms with Gasteiger partial charge in [0.05, 0.1) is 19.3 Å². The Morgan fingerprint density at radius 3 is 2.84 bits per heavy atom. The Hall–Kier alpha value is -2.36. The van der Waals surface area contributed by atoms with E-state index in [-0.39, 0.29) is 36.0 Å². The van der Waals surface area contributed by atoms with Gasteiger partial charge in [-0.25, -0.2) is 4.79 Å². The van der Waals surface area contributed by atoms with Crippen molar-refractivity contribution in [1.29, 1.82) is 0 Å². The molecule has 1 aromatic rings. The standard InChI is InChI=1S/C21H28ClN5O4/c22-14-2-1-3-15(10-14)24-21(30)25-16-11-18-20(29)23-12-17(27(18)13-16)4-5-19(28)26-6-8-31-9-7-26/h1-3,10,16-18H,4-9,11-13H2,(H,23,29)(H2,24,25,30)/t16-,17+,18-/m0/s1. The molecule has 168 valence electrons. The fourth-order valence-corrected chi connectivity index (χ4v) is 4.72. The number of nitrogens with one attached hydrogen (secondary N) is 3. The van der Waals surface area contributed by atoms with Crippen LogP contribution in [0.4, 0.5) is 10.5 Å². The van der Waals surface area contributed by atoms with Gasteiger partial charge in [-0.15, -0.1) is 0 Å². The number of carbonyl (C=O) groups is 3. The molecule has 0 aliphatic carbocycles. The molecule has 3 aliphatic rings. The van der Waals surface area contributed by atoms with Gasteiger partial charge in [-0.1, -0.05) is 17.7 Å². The predicted octanol–water partition coefficient (Wildman–Crippen LogP) is 1.04. The molecular weight excluding hydrogens is 422 g/mol. The molecule has 4 amide bonds. The van der Waals surface area contributed by atoms with E-state index in [2.05, 4.69) is 20.9 Å². The highest BCUT2D eigenvalue weighted by Crippen LogP contribution is 2.26. The first-order valence-electron chi connectivity index (χ1n) is 10.7. The smallest absolute Gasteiger partial charge is 0.319 e. The molecule has 0 bridgehead atoms. The number of hydrogen-bond acceptors (Lipinski definition) is 5. The van der Waals surface area contributed by atoms with Crippen LogP contribution in [0.2, 0.25) is 5.02 Å². The lowest BCUT2D eigenvalue weighted by Gasteiger charge is -2.37. The fourth-order valence-electron chi connectivity index (χ4n) is 4.53. The van der Waals surface area contributed by atoms with Crippen molar-refractivity contribution in [2.75, 3.05) is 44.7 Å². The van der Waals surface area contributed by atoms with Crippen LogP contribution in [0.1, 0.15) is 19.3 Å². The molecule has 0 radical (unpaired) electrons. The number of amides is 4. The summed E-state index contributed by atoms with van der Waals surface area (Å²) in [4.78, 5) is 41.2. The number of rotatable bonds is 5. The summed E-state index contributed by atoms with van der Waals surface area (Å²) >= 11 is 5.96. The van der Waals surface area contributed by atoms with Gasteiger partial charge in [-0.05, 0) is 31.0 Å². The van der Waals surface area contributed by atoms with E-state index in [9.17, 15) is 14.4 Å². The number of ether oxygens (including phenoxy) is 1. The molecule has 4 rings (SSSR count). The van der Waals surface area contributed by atoms with Crippen molar-refractivity contribution >= 4 is 35.1 Å². The molecule has 1 aromatic carbocycles. The normalized spacial score (nSPS) is 26.2. The number of carbonyl (C=O) groups excluding carboxylic acids is 3. The van der Waals surface area contributed by atoms with Crippen molar-refractivity contribution < 1.29 is 19.1 Å². The first-order valence-corrected chi connectivity index (χ1v) is 11.1. The zero-order valence-corrected chi connectivity index (χ0v) is 18.1. The maximum absolute atomic E-state index is 12.5. The molecule has 3 atom stereocenters. The minimum absolute atomic E-state index is 0.0182. The topological polar surface area (TPSA) is 103 Å². The number of nitrogens with zero attached hydrogens (tertiary/aromatic N) is 2. The van der Waals surface area contributed by atoms with Gasteiger partial charge in [0.15, 0.2) is 0 Å². The number of fused-ring (bicyclic) bond motifs is 1. The highest BCUT2D eigenvalue weighted by atomic mass is 35.5. The van der Waals surface area contributed by atoms with E-state index in [1.54, 1.807) is 24.3 Å². The number of benzene rings is 1.